The Balaban J connectivity index is 3.21. The minimum absolute atomic E-state index is 0.263. The number of benzene rings is 1. The van der Waals surface area contributed by atoms with Crippen molar-refractivity contribution in [2.24, 2.45) is 5.73 Å². The summed E-state index contributed by atoms with van der Waals surface area (Å²) in [6.07, 6.45) is 0. The van der Waals surface area contributed by atoms with Gasteiger partial charge in [-0.05, 0) is 17.7 Å². The van der Waals surface area contributed by atoms with E-state index in [-0.39, 0.29) is 12.4 Å². The van der Waals surface area contributed by atoms with E-state index >= 15 is 0 Å². The van der Waals surface area contributed by atoms with Crippen LogP contribution in [0.15, 0.2) is 29.3 Å². The van der Waals surface area contributed by atoms with E-state index in [1.165, 1.54) is 6.07 Å². The van der Waals surface area contributed by atoms with Crippen LogP contribution in [0.3, 0.4) is 0 Å². The molecule has 0 aliphatic carbocycles. The highest BCUT2D eigenvalue weighted by atomic mass is 79.9. The number of rotatable bonds is 2. The molecule has 0 spiro atoms. The zero-order valence-electron chi connectivity index (χ0n) is 6.48. The average molecular weight is 230 g/mol. The van der Waals surface area contributed by atoms with E-state index in [1.807, 2.05) is 0 Å². The largest absolute Gasteiger partial charge is 0.326 e. The lowest BCUT2D eigenvalue weighted by Crippen LogP contribution is -2.03. The van der Waals surface area contributed by atoms with Crippen LogP contribution in [0.25, 0.3) is 5.57 Å². The van der Waals surface area contributed by atoms with E-state index in [0.29, 0.717) is 15.6 Å². The molecule has 0 radical (unpaired) electrons. The molecule has 0 saturated heterocycles. The number of hydrogen-bond acceptors (Lipinski definition) is 1. The van der Waals surface area contributed by atoms with E-state index in [4.69, 9.17) is 5.73 Å². The first kappa shape index (κ1) is 9.42. The number of hydrogen-bond donors (Lipinski definition) is 1. The average Bonchev–Trinajstić information content (AvgIpc) is 2.03. The van der Waals surface area contributed by atoms with Gasteiger partial charge in [0.2, 0.25) is 0 Å². The smallest absolute Gasteiger partial charge is 0.131 e. The highest BCUT2D eigenvalue weighted by Gasteiger charge is 2.07. The second kappa shape index (κ2) is 3.83. The maximum atomic E-state index is 13.1. The van der Waals surface area contributed by atoms with Gasteiger partial charge < -0.3 is 5.73 Å². The molecular weight excluding hydrogens is 221 g/mol. The summed E-state index contributed by atoms with van der Waals surface area (Å²) >= 11 is 3.23. The Bertz CT molecular complexity index is 289. The van der Waals surface area contributed by atoms with E-state index in [1.54, 1.807) is 12.1 Å². The van der Waals surface area contributed by atoms with Crippen molar-refractivity contribution in [3.8, 4) is 0 Å². The van der Waals surface area contributed by atoms with Crippen LogP contribution in [0.2, 0.25) is 0 Å². The Labute approximate surface area is 79.2 Å². The van der Waals surface area contributed by atoms with Gasteiger partial charge in [-0.1, -0.05) is 28.6 Å². The topological polar surface area (TPSA) is 26.0 Å². The van der Waals surface area contributed by atoms with Crippen molar-refractivity contribution in [1.82, 2.24) is 0 Å². The van der Waals surface area contributed by atoms with E-state index in [2.05, 4.69) is 22.5 Å². The molecule has 2 N–H and O–H groups in total. The maximum Gasteiger partial charge on any atom is 0.131 e. The quantitative estimate of drug-likeness (QED) is 0.830. The Morgan fingerprint density at radius 1 is 1.58 bits per heavy atom. The molecule has 0 atom stereocenters. The maximum absolute atomic E-state index is 13.1. The molecule has 1 aromatic carbocycles. The van der Waals surface area contributed by atoms with Gasteiger partial charge in [-0.2, -0.15) is 0 Å². The highest BCUT2D eigenvalue weighted by Crippen LogP contribution is 2.25. The van der Waals surface area contributed by atoms with E-state index in [9.17, 15) is 4.39 Å². The van der Waals surface area contributed by atoms with Crippen LogP contribution in [0, 0.1) is 5.82 Å². The van der Waals surface area contributed by atoms with Crippen LogP contribution in [-0.2, 0) is 0 Å². The minimum atomic E-state index is -0.292. The summed E-state index contributed by atoms with van der Waals surface area (Å²) in [6.45, 7) is 3.93. The lowest BCUT2D eigenvalue weighted by atomic mass is 10.1. The molecule has 0 saturated carbocycles. The van der Waals surface area contributed by atoms with Gasteiger partial charge >= 0.3 is 0 Å². The summed E-state index contributed by atoms with van der Waals surface area (Å²) in [5, 5.41) is 0. The van der Waals surface area contributed by atoms with E-state index in [0.717, 1.165) is 0 Å². The van der Waals surface area contributed by atoms with Gasteiger partial charge in [0.05, 0.1) is 0 Å². The Kier molecular flexibility index (Phi) is 3.00. The summed E-state index contributed by atoms with van der Waals surface area (Å²) in [4.78, 5) is 0. The molecule has 64 valence electrons. The van der Waals surface area contributed by atoms with Crippen LogP contribution in [-0.4, -0.2) is 6.54 Å². The molecule has 0 aromatic heterocycles. The Morgan fingerprint density at radius 2 is 2.25 bits per heavy atom. The van der Waals surface area contributed by atoms with Crippen molar-refractivity contribution < 1.29 is 4.39 Å². The zero-order valence-corrected chi connectivity index (χ0v) is 8.07. The highest BCUT2D eigenvalue weighted by molar-refractivity contribution is 9.10. The predicted octanol–water partition coefficient (Wildman–Crippen LogP) is 2.56. The summed E-state index contributed by atoms with van der Waals surface area (Å²) in [5.41, 5.74) is 6.42. The van der Waals surface area contributed by atoms with Crippen molar-refractivity contribution in [3.63, 3.8) is 0 Å². The Hall–Kier alpha value is -0.670. The number of nitrogens with two attached hydrogens (primary N) is 1. The van der Waals surface area contributed by atoms with Crippen LogP contribution >= 0.6 is 15.9 Å². The second-order valence-corrected chi connectivity index (χ2v) is 3.26. The molecule has 0 bridgehead atoms. The SMILES string of the molecule is C=C(CN)c1c(F)cccc1Br. The molecule has 12 heavy (non-hydrogen) atoms. The fraction of sp³-hybridized carbons (Fsp3) is 0.111. The molecule has 0 amide bonds. The summed E-state index contributed by atoms with van der Waals surface area (Å²) in [6, 6.07) is 4.78. The molecule has 0 unspecified atom stereocenters. The van der Waals surface area contributed by atoms with Gasteiger partial charge in [0.15, 0.2) is 0 Å². The first-order valence-electron chi connectivity index (χ1n) is 3.49. The summed E-state index contributed by atoms with van der Waals surface area (Å²) < 4.78 is 13.8. The Morgan fingerprint density at radius 3 is 2.75 bits per heavy atom. The minimum Gasteiger partial charge on any atom is -0.326 e. The fourth-order valence-corrected chi connectivity index (χ4v) is 1.56. The van der Waals surface area contributed by atoms with Crippen LogP contribution in [0.4, 0.5) is 4.39 Å². The van der Waals surface area contributed by atoms with Gasteiger partial charge in [0.1, 0.15) is 5.82 Å². The van der Waals surface area contributed by atoms with E-state index < -0.39 is 0 Å². The lowest BCUT2D eigenvalue weighted by Gasteiger charge is -2.06. The lowest BCUT2D eigenvalue weighted by molar-refractivity contribution is 0.622. The van der Waals surface area contributed by atoms with Crippen molar-refractivity contribution in [1.29, 1.82) is 0 Å². The third-order valence-corrected chi connectivity index (χ3v) is 2.22. The molecule has 0 aliphatic heterocycles. The predicted molar refractivity (Wildman–Crippen MR) is 52.2 cm³/mol. The fourth-order valence-electron chi connectivity index (χ4n) is 0.938. The van der Waals surface area contributed by atoms with Crippen molar-refractivity contribution in [2.45, 2.75) is 0 Å². The zero-order chi connectivity index (χ0) is 9.14. The van der Waals surface area contributed by atoms with Crippen molar-refractivity contribution in [3.05, 3.63) is 40.6 Å². The molecule has 0 aliphatic rings. The van der Waals surface area contributed by atoms with Crippen LogP contribution in [0.1, 0.15) is 5.56 Å². The molecule has 1 rings (SSSR count). The third kappa shape index (κ3) is 1.73. The van der Waals surface area contributed by atoms with Gasteiger partial charge in [-0.25, -0.2) is 4.39 Å². The molecule has 0 fully saturated rings. The van der Waals surface area contributed by atoms with Crippen molar-refractivity contribution in [2.75, 3.05) is 6.54 Å². The monoisotopic (exact) mass is 229 g/mol. The van der Waals surface area contributed by atoms with Gasteiger partial charge in [-0.3, -0.25) is 0 Å². The van der Waals surface area contributed by atoms with Crippen molar-refractivity contribution >= 4 is 21.5 Å². The van der Waals surface area contributed by atoms with Gasteiger partial charge in [0, 0.05) is 16.6 Å². The second-order valence-electron chi connectivity index (χ2n) is 2.40. The van der Waals surface area contributed by atoms with Gasteiger partial charge in [0.25, 0.3) is 0 Å². The summed E-state index contributed by atoms with van der Waals surface area (Å²) in [5.74, 6) is -0.292. The molecule has 0 heterocycles. The summed E-state index contributed by atoms with van der Waals surface area (Å²) in [7, 11) is 0. The normalized spacial score (nSPS) is 9.92. The third-order valence-electron chi connectivity index (χ3n) is 1.56. The first-order valence-corrected chi connectivity index (χ1v) is 4.28. The van der Waals surface area contributed by atoms with Crippen LogP contribution in [0.5, 0.6) is 0 Å². The molecular formula is C9H9BrFN. The molecule has 3 heteroatoms. The number of halogens is 2. The van der Waals surface area contributed by atoms with Crippen LogP contribution < -0.4 is 5.73 Å². The van der Waals surface area contributed by atoms with Gasteiger partial charge in [-0.15, -0.1) is 0 Å². The first-order chi connectivity index (χ1) is 5.66. The molecule has 1 nitrogen and oxygen atoms in total. The standard InChI is InChI=1S/C9H9BrFN/c1-6(5-12)9-7(10)3-2-4-8(9)11/h2-4H,1,5,12H2. The molecule has 1 aromatic rings.